The van der Waals surface area contributed by atoms with Crippen molar-refractivity contribution in [3.05, 3.63) is 52.1 Å². The van der Waals surface area contributed by atoms with Crippen molar-refractivity contribution in [1.29, 1.82) is 0 Å². The van der Waals surface area contributed by atoms with Gasteiger partial charge < -0.3 is 23.9 Å². The molecule has 0 saturated carbocycles. The number of ether oxygens (including phenoxy) is 3. The van der Waals surface area contributed by atoms with E-state index in [0.717, 1.165) is 4.90 Å². The van der Waals surface area contributed by atoms with Crippen LogP contribution >= 0.6 is 11.6 Å². The van der Waals surface area contributed by atoms with Gasteiger partial charge in [-0.3, -0.25) is 9.69 Å². The normalized spacial score (nSPS) is 14.7. The first kappa shape index (κ1) is 22.2. The SMILES string of the molecule is CCOc1cc(C=C2NC(=O)N(Cc3ccc(C(=O)OC)o3)C2=O)cc(Cl)c1OCC. The van der Waals surface area contributed by atoms with Crippen LogP contribution in [0.1, 0.15) is 35.7 Å². The van der Waals surface area contributed by atoms with Crippen LogP contribution < -0.4 is 14.8 Å². The minimum Gasteiger partial charge on any atom is -0.490 e. The van der Waals surface area contributed by atoms with Gasteiger partial charge in [0.15, 0.2) is 11.5 Å². The summed E-state index contributed by atoms with van der Waals surface area (Å²) in [5, 5.41) is 2.84. The molecule has 1 fully saturated rings. The average molecular weight is 449 g/mol. The number of hydrogen-bond donors (Lipinski definition) is 1. The van der Waals surface area contributed by atoms with Crippen molar-refractivity contribution < 1.29 is 33.0 Å². The number of rotatable bonds is 8. The second-order valence-corrected chi connectivity index (χ2v) is 6.74. The van der Waals surface area contributed by atoms with E-state index in [0.29, 0.717) is 35.3 Å². The molecular formula is C21H21ClN2O7. The van der Waals surface area contributed by atoms with Gasteiger partial charge in [0.1, 0.15) is 11.5 Å². The van der Waals surface area contributed by atoms with Gasteiger partial charge in [-0.1, -0.05) is 11.6 Å². The Morgan fingerprint density at radius 1 is 1.19 bits per heavy atom. The van der Waals surface area contributed by atoms with E-state index in [9.17, 15) is 14.4 Å². The van der Waals surface area contributed by atoms with Crippen molar-refractivity contribution in [3.8, 4) is 11.5 Å². The lowest BCUT2D eigenvalue weighted by atomic mass is 10.1. The first-order valence-corrected chi connectivity index (χ1v) is 9.86. The highest BCUT2D eigenvalue weighted by Gasteiger charge is 2.34. The van der Waals surface area contributed by atoms with Gasteiger partial charge in [0.2, 0.25) is 5.76 Å². The molecule has 0 bridgehead atoms. The number of urea groups is 1. The van der Waals surface area contributed by atoms with Gasteiger partial charge in [0.05, 0.1) is 31.9 Å². The Bertz CT molecular complexity index is 1040. The Kier molecular flexibility index (Phi) is 6.86. The van der Waals surface area contributed by atoms with Crippen LogP contribution in [0.15, 0.2) is 34.4 Å². The minimum absolute atomic E-state index is 0.0206. The van der Waals surface area contributed by atoms with Gasteiger partial charge in [0, 0.05) is 0 Å². The summed E-state index contributed by atoms with van der Waals surface area (Å²) in [7, 11) is 1.23. The summed E-state index contributed by atoms with van der Waals surface area (Å²) < 4.78 is 21.0. The van der Waals surface area contributed by atoms with Gasteiger partial charge in [-0.05, 0) is 49.8 Å². The Hall–Kier alpha value is -3.46. The summed E-state index contributed by atoms with van der Waals surface area (Å²) in [4.78, 5) is 37.5. The number of hydrogen-bond acceptors (Lipinski definition) is 7. The Morgan fingerprint density at radius 3 is 2.61 bits per heavy atom. The second kappa shape index (κ2) is 9.57. The number of carbonyl (C=O) groups is 3. The fraction of sp³-hybridized carbons (Fsp3) is 0.286. The van der Waals surface area contributed by atoms with Gasteiger partial charge in [0.25, 0.3) is 5.91 Å². The molecule has 0 spiro atoms. The summed E-state index contributed by atoms with van der Waals surface area (Å²) in [6.07, 6.45) is 1.49. The molecule has 0 radical (unpaired) electrons. The quantitative estimate of drug-likeness (QED) is 0.373. The number of nitrogens with one attached hydrogen (secondary N) is 1. The molecule has 1 saturated heterocycles. The maximum Gasteiger partial charge on any atom is 0.373 e. The summed E-state index contributed by atoms with van der Waals surface area (Å²) >= 11 is 6.31. The largest absolute Gasteiger partial charge is 0.490 e. The van der Waals surface area contributed by atoms with E-state index in [1.54, 1.807) is 12.1 Å². The van der Waals surface area contributed by atoms with E-state index in [2.05, 4.69) is 10.1 Å². The summed E-state index contributed by atoms with van der Waals surface area (Å²) in [6, 6.07) is 5.57. The van der Waals surface area contributed by atoms with Crippen LogP contribution in [-0.4, -0.2) is 43.1 Å². The van der Waals surface area contributed by atoms with Crippen LogP contribution in [0.5, 0.6) is 11.5 Å². The fourth-order valence-corrected chi connectivity index (χ4v) is 3.20. The van der Waals surface area contributed by atoms with Gasteiger partial charge in [-0.2, -0.15) is 0 Å². The van der Waals surface area contributed by atoms with Crippen molar-refractivity contribution >= 4 is 35.6 Å². The molecule has 1 N–H and O–H groups in total. The van der Waals surface area contributed by atoms with Crippen LogP contribution in [0.4, 0.5) is 4.79 Å². The molecule has 0 aliphatic carbocycles. The summed E-state index contributed by atoms with van der Waals surface area (Å²) in [5.74, 6) is -0.120. The predicted octanol–water partition coefficient (Wildman–Crippen LogP) is 3.61. The van der Waals surface area contributed by atoms with E-state index in [1.165, 1.54) is 25.3 Å². The fourth-order valence-electron chi connectivity index (χ4n) is 2.93. The molecule has 2 heterocycles. The van der Waals surface area contributed by atoms with Gasteiger partial charge in [-0.15, -0.1) is 0 Å². The topological polar surface area (TPSA) is 107 Å². The molecule has 0 atom stereocenters. The van der Waals surface area contributed by atoms with Gasteiger partial charge in [-0.25, -0.2) is 9.59 Å². The molecule has 10 heteroatoms. The van der Waals surface area contributed by atoms with E-state index in [4.69, 9.17) is 25.5 Å². The highest BCUT2D eigenvalue weighted by Crippen LogP contribution is 2.37. The van der Waals surface area contributed by atoms with Gasteiger partial charge >= 0.3 is 12.0 Å². The highest BCUT2D eigenvalue weighted by molar-refractivity contribution is 6.32. The molecule has 31 heavy (non-hydrogen) atoms. The zero-order chi connectivity index (χ0) is 22.5. The molecule has 1 aliphatic rings. The Morgan fingerprint density at radius 2 is 1.94 bits per heavy atom. The number of benzene rings is 1. The van der Waals surface area contributed by atoms with Crippen LogP contribution in [-0.2, 0) is 16.1 Å². The molecule has 3 rings (SSSR count). The lowest BCUT2D eigenvalue weighted by molar-refractivity contribution is -0.123. The lowest BCUT2D eigenvalue weighted by Gasteiger charge is -2.13. The molecule has 2 aromatic rings. The molecule has 1 aromatic carbocycles. The van der Waals surface area contributed by atoms with Crippen LogP contribution in [0, 0.1) is 0 Å². The molecule has 164 valence electrons. The molecule has 1 aromatic heterocycles. The third kappa shape index (κ3) is 4.83. The molecule has 0 unspecified atom stereocenters. The zero-order valence-electron chi connectivity index (χ0n) is 17.2. The summed E-state index contributed by atoms with van der Waals surface area (Å²) in [5.41, 5.74) is 0.612. The number of furan rings is 1. The smallest absolute Gasteiger partial charge is 0.373 e. The third-order valence-corrected chi connectivity index (χ3v) is 4.54. The van der Waals surface area contributed by atoms with Crippen molar-refractivity contribution in [3.63, 3.8) is 0 Å². The first-order chi connectivity index (χ1) is 14.9. The predicted molar refractivity (Wildman–Crippen MR) is 111 cm³/mol. The van der Waals surface area contributed by atoms with Crippen LogP contribution in [0.3, 0.4) is 0 Å². The van der Waals surface area contributed by atoms with Crippen LogP contribution in [0.25, 0.3) is 6.08 Å². The minimum atomic E-state index is -0.651. The van der Waals surface area contributed by atoms with Crippen molar-refractivity contribution in [2.45, 2.75) is 20.4 Å². The molecule has 9 nitrogen and oxygen atoms in total. The maximum absolute atomic E-state index is 12.7. The average Bonchev–Trinajstić information content (AvgIpc) is 3.31. The number of imide groups is 1. The third-order valence-electron chi connectivity index (χ3n) is 4.26. The van der Waals surface area contributed by atoms with Crippen molar-refractivity contribution in [2.24, 2.45) is 0 Å². The standard InChI is InChI=1S/C21H21ClN2O7/c1-4-29-17-10-12(8-14(22)18(17)30-5-2)9-15-19(25)24(21(27)23-15)11-13-6-7-16(31-13)20(26)28-3/h6-10H,4-5,11H2,1-3H3,(H,23,27). The molecule has 3 amide bonds. The second-order valence-electron chi connectivity index (χ2n) is 6.33. The number of amides is 3. The Balaban J connectivity index is 1.83. The number of methoxy groups -OCH3 is 1. The van der Waals surface area contributed by atoms with E-state index in [-0.39, 0.29) is 23.8 Å². The van der Waals surface area contributed by atoms with Crippen LogP contribution in [0.2, 0.25) is 5.02 Å². The first-order valence-electron chi connectivity index (χ1n) is 9.48. The maximum atomic E-state index is 12.7. The van der Waals surface area contributed by atoms with E-state index in [1.807, 2.05) is 13.8 Å². The lowest BCUT2D eigenvalue weighted by Crippen LogP contribution is -2.30. The summed E-state index contributed by atoms with van der Waals surface area (Å²) in [6.45, 7) is 4.32. The van der Waals surface area contributed by atoms with Crippen molar-refractivity contribution in [2.75, 3.05) is 20.3 Å². The number of esters is 1. The Labute approximate surface area is 183 Å². The zero-order valence-corrected chi connectivity index (χ0v) is 17.9. The monoisotopic (exact) mass is 448 g/mol. The van der Waals surface area contributed by atoms with Crippen molar-refractivity contribution in [1.82, 2.24) is 10.2 Å². The number of nitrogens with zero attached hydrogens (tertiary/aromatic N) is 1. The number of carbonyl (C=O) groups excluding carboxylic acids is 3. The van der Waals surface area contributed by atoms with E-state index >= 15 is 0 Å². The highest BCUT2D eigenvalue weighted by atomic mass is 35.5. The van der Waals surface area contributed by atoms with E-state index < -0.39 is 17.9 Å². The number of halogens is 1. The molecular weight excluding hydrogens is 428 g/mol. The molecule has 1 aliphatic heterocycles.